The summed E-state index contributed by atoms with van der Waals surface area (Å²) in [5.41, 5.74) is -0.402. The van der Waals surface area contributed by atoms with Gasteiger partial charge in [0.15, 0.2) is 0 Å². The number of nitrogens with zero attached hydrogens (tertiary/aromatic N) is 1. The summed E-state index contributed by atoms with van der Waals surface area (Å²) in [6.07, 6.45) is 5.87. The maximum absolute atomic E-state index is 10.2. The molecular formula is C12H23NO. The zero-order valence-corrected chi connectivity index (χ0v) is 9.66. The van der Waals surface area contributed by atoms with Gasteiger partial charge in [0, 0.05) is 18.1 Å². The predicted octanol–water partition coefficient (Wildman–Crippen LogP) is 2.16. The Balaban J connectivity index is 2.15. The first-order valence-electron chi connectivity index (χ1n) is 5.99. The first-order chi connectivity index (χ1) is 6.49. The van der Waals surface area contributed by atoms with Gasteiger partial charge in [0.2, 0.25) is 0 Å². The molecule has 0 aromatic rings. The molecule has 0 aromatic heterocycles. The number of aliphatic hydroxyl groups is 1. The van der Waals surface area contributed by atoms with E-state index >= 15 is 0 Å². The van der Waals surface area contributed by atoms with Crippen LogP contribution in [0.15, 0.2) is 0 Å². The van der Waals surface area contributed by atoms with Crippen molar-refractivity contribution in [3.05, 3.63) is 0 Å². The van der Waals surface area contributed by atoms with E-state index in [2.05, 4.69) is 18.7 Å². The van der Waals surface area contributed by atoms with Gasteiger partial charge in [-0.2, -0.15) is 0 Å². The van der Waals surface area contributed by atoms with E-state index in [-0.39, 0.29) is 0 Å². The van der Waals surface area contributed by atoms with E-state index in [0.29, 0.717) is 18.1 Å². The van der Waals surface area contributed by atoms with Gasteiger partial charge in [-0.15, -0.1) is 0 Å². The van der Waals surface area contributed by atoms with E-state index in [1.165, 1.54) is 19.3 Å². The van der Waals surface area contributed by atoms with Crippen molar-refractivity contribution in [2.45, 2.75) is 76.6 Å². The summed E-state index contributed by atoms with van der Waals surface area (Å²) in [5, 5.41) is 10.2. The third-order valence-electron chi connectivity index (χ3n) is 3.87. The predicted molar refractivity (Wildman–Crippen MR) is 58.3 cm³/mol. The zero-order chi connectivity index (χ0) is 10.3. The number of rotatable bonds is 1. The Hall–Kier alpha value is -0.0800. The van der Waals surface area contributed by atoms with E-state index in [9.17, 15) is 5.11 Å². The minimum absolute atomic E-state index is 0.402. The lowest BCUT2D eigenvalue weighted by molar-refractivity contribution is -0.0925. The first kappa shape index (κ1) is 10.4. The highest BCUT2D eigenvalue weighted by Gasteiger charge is 2.43. The molecule has 2 fully saturated rings. The van der Waals surface area contributed by atoms with Crippen molar-refractivity contribution in [1.29, 1.82) is 0 Å². The lowest BCUT2D eigenvalue weighted by Crippen LogP contribution is -2.59. The van der Waals surface area contributed by atoms with Gasteiger partial charge in [0.1, 0.15) is 0 Å². The van der Waals surface area contributed by atoms with Crippen LogP contribution in [0, 0.1) is 0 Å². The quantitative estimate of drug-likeness (QED) is 0.696. The molecule has 2 aliphatic heterocycles. The SMILES string of the molecule is CC(C)N1[C@@H]2CCC[C@@H]1CC(C)(O)C2. The molecule has 2 rings (SSSR count). The van der Waals surface area contributed by atoms with Crippen molar-refractivity contribution < 1.29 is 5.11 Å². The highest BCUT2D eigenvalue weighted by atomic mass is 16.3. The van der Waals surface area contributed by atoms with Gasteiger partial charge in [0.05, 0.1) is 5.60 Å². The Morgan fingerprint density at radius 1 is 1.21 bits per heavy atom. The van der Waals surface area contributed by atoms with E-state index in [0.717, 1.165) is 12.8 Å². The Bertz CT molecular complexity index is 196. The number of hydrogen-bond donors (Lipinski definition) is 1. The van der Waals surface area contributed by atoms with Crippen LogP contribution in [0.5, 0.6) is 0 Å². The van der Waals surface area contributed by atoms with Crippen LogP contribution in [-0.4, -0.2) is 33.7 Å². The van der Waals surface area contributed by atoms with Crippen LogP contribution in [0.2, 0.25) is 0 Å². The highest BCUT2D eigenvalue weighted by Crippen LogP contribution is 2.39. The van der Waals surface area contributed by atoms with Gasteiger partial charge >= 0.3 is 0 Å². The molecule has 2 heteroatoms. The fourth-order valence-electron chi connectivity index (χ4n) is 3.54. The van der Waals surface area contributed by atoms with E-state index in [1.54, 1.807) is 0 Å². The standard InChI is InChI=1S/C12H23NO/c1-9(2)13-10-5-4-6-11(13)8-12(3,14)7-10/h9-11,14H,4-8H2,1-3H3/t10-,11-/m1/s1. The number of piperidine rings is 2. The molecule has 2 heterocycles. The molecule has 2 bridgehead atoms. The zero-order valence-electron chi connectivity index (χ0n) is 9.66. The average molecular weight is 197 g/mol. The minimum Gasteiger partial charge on any atom is -0.390 e. The Labute approximate surface area is 87.3 Å². The van der Waals surface area contributed by atoms with Gasteiger partial charge in [0.25, 0.3) is 0 Å². The van der Waals surface area contributed by atoms with Gasteiger partial charge in [-0.05, 0) is 46.5 Å². The number of fused-ring (bicyclic) bond motifs is 2. The second-order valence-corrected chi connectivity index (χ2v) is 5.68. The highest BCUT2D eigenvalue weighted by molar-refractivity contribution is 4.98. The Morgan fingerprint density at radius 2 is 1.71 bits per heavy atom. The van der Waals surface area contributed by atoms with Crippen LogP contribution in [-0.2, 0) is 0 Å². The Kier molecular flexibility index (Phi) is 2.61. The molecule has 0 amide bonds. The largest absolute Gasteiger partial charge is 0.390 e. The van der Waals surface area contributed by atoms with E-state index in [1.807, 2.05) is 6.92 Å². The average Bonchev–Trinajstić information content (AvgIpc) is 1.99. The fraction of sp³-hybridized carbons (Fsp3) is 1.00. The maximum atomic E-state index is 10.2. The summed E-state index contributed by atoms with van der Waals surface area (Å²) in [6.45, 7) is 6.58. The lowest BCUT2D eigenvalue weighted by atomic mass is 9.76. The van der Waals surface area contributed by atoms with Gasteiger partial charge in [-0.1, -0.05) is 6.42 Å². The van der Waals surface area contributed by atoms with Crippen molar-refractivity contribution in [2.75, 3.05) is 0 Å². The second-order valence-electron chi connectivity index (χ2n) is 5.68. The first-order valence-corrected chi connectivity index (χ1v) is 5.99. The Morgan fingerprint density at radius 3 is 2.14 bits per heavy atom. The topological polar surface area (TPSA) is 23.5 Å². The molecule has 0 aliphatic carbocycles. The molecular weight excluding hydrogens is 174 g/mol. The third-order valence-corrected chi connectivity index (χ3v) is 3.87. The summed E-state index contributed by atoms with van der Waals surface area (Å²) < 4.78 is 0. The third kappa shape index (κ3) is 1.82. The molecule has 82 valence electrons. The molecule has 0 saturated carbocycles. The van der Waals surface area contributed by atoms with E-state index in [4.69, 9.17) is 0 Å². The molecule has 2 aliphatic rings. The molecule has 0 spiro atoms. The van der Waals surface area contributed by atoms with Crippen molar-refractivity contribution in [1.82, 2.24) is 4.90 Å². The molecule has 0 radical (unpaired) electrons. The summed E-state index contributed by atoms with van der Waals surface area (Å²) in [5.74, 6) is 0. The van der Waals surface area contributed by atoms with Crippen molar-refractivity contribution in [3.63, 3.8) is 0 Å². The van der Waals surface area contributed by atoms with Gasteiger partial charge in [-0.25, -0.2) is 0 Å². The molecule has 1 N–H and O–H groups in total. The van der Waals surface area contributed by atoms with E-state index < -0.39 is 5.60 Å². The van der Waals surface area contributed by atoms with Crippen LogP contribution < -0.4 is 0 Å². The minimum atomic E-state index is -0.402. The van der Waals surface area contributed by atoms with Crippen LogP contribution in [0.1, 0.15) is 52.9 Å². The fourth-order valence-corrected chi connectivity index (χ4v) is 3.54. The summed E-state index contributed by atoms with van der Waals surface area (Å²) >= 11 is 0. The van der Waals surface area contributed by atoms with Crippen molar-refractivity contribution >= 4 is 0 Å². The maximum Gasteiger partial charge on any atom is 0.0649 e. The molecule has 0 aromatic carbocycles. The molecule has 2 nitrogen and oxygen atoms in total. The molecule has 0 unspecified atom stereocenters. The second kappa shape index (κ2) is 3.49. The van der Waals surface area contributed by atoms with Crippen LogP contribution in [0.4, 0.5) is 0 Å². The van der Waals surface area contributed by atoms with Gasteiger partial charge < -0.3 is 5.11 Å². The molecule has 2 atom stereocenters. The van der Waals surface area contributed by atoms with Gasteiger partial charge in [-0.3, -0.25) is 4.90 Å². The van der Waals surface area contributed by atoms with Crippen LogP contribution in [0.3, 0.4) is 0 Å². The molecule has 14 heavy (non-hydrogen) atoms. The molecule has 2 saturated heterocycles. The summed E-state index contributed by atoms with van der Waals surface area (Å²) in [4.78, 5) is 2.64. The monoisotopic (exact) mass is 197 g/mol. The summed E-state index contributed by atoms with van der Waals surface area (Å²) in [6, 6.07) is 1.91. The van der Waals surface area contributed by atoms with Crippen LogP contribution >= 0.6 is 0 Å². The lowest BCUT2D eigenvalue weighted by Gasteiger charge is -2.53. The van der Waals surface area contributed by atoms with Crippen molar-refractivity contribution in [3.8, 4) is 0 Å². The van der Waals surface area contributed by atoms with Crippen LogP contribution in [0.25, 0.3) is 0 Å². The number of hydrogen-bond acceptors (Lipinski definition) is 2. The van der Waals surface area contributed by atoms with Crippen molar-refractivity contribution in [2.24, 2.45) is 0 Å². The normalized spacial score (nSPS) is 44.4. The summed E-state index contributed by atoms with van der Waals surface area (Å²) in [7, 11) is 0. The smallest absolute Gasteiger partial charge is 0.0649 e.